The second-order valence-corrected chi connectivity index (χ2v) is 25.3. The Hall–Kier alpha value is -2.69. The maximum atomic E-state index is 12.5. The summed E-state index contributed by atoms with van der Waals surface area (Å²) >= 11 is 0. The molecule has 0 bridgehead atoms. The van der Waals surface area contributed by atoms with E-state index in [1.54, 1.807) is 12.1 Å². The van der Waals surface area contributed by atoms with Gasteiger partial charge in [0, 0.05) is 0 Å². The molecule has 418 valence electrons. The Labute approximate surface area is 448 Å². The van der Waals surface area contributed by atoms with Crippen LogP contribution >= 0.6 is 0 Å². The molecule has 6 unspecified atom stereocenters. The van der Waals surface area contributed by atoms with Gasteiger partial charge >= 0.3 is 5.97 Å². The molecule has 6 atom stereocenters. The lowest BCUT2D eigenvalue weighted by Gasteiger charge is -2.17. The average molecular weight is 1010 g/mol. The normalized spacial score (nSPS) is 15.3. The number of allylic oxidation sites excluding steroid dienone is 3. The molecule has 1 rings (SSSR count). The average Bonchev–Trinajstić information content (AvgIpc) is 3.29. The van der Waals surface area contributed by atoms with Crippen molar-refractivity contribution in [2.24, 2.45) is 53.3 Å². The maximum Gasteiger partial charge on any atom is 0.335 e. The molecule has 0 saturated carbocycles. The van der Waals surface area contributed by atoms with Gasteiger partial charge in [-0.1, -0.05) is 235 Å². The lowest BCUT2D eigenvalue weighted by molar-refractivity contribution is 0.0695. The monoisotopic (exact) mass is 1000 g/mol. The van der Waals surface area contributed by atoms with Gasteiger partial charge in [0.25, 0.3) is 0 Å². The Kier molecular flexibility index (Phi) is 38.8. The number of carbonyl (C=O) groups is 1. The molecule has 0 spiro atoms. The molecule has 0 saturated heterocycles. The first-order chi connectivity index (χ1) is 34.2. The van der Waals surface area contributed by atoms with E-state index < -0.39 is 5.97 Å². The van der Waals surface area contributed by atoms with E-state index in [9.17, 15) is 9.90 Å². The zero-order valence-electron chi connectivity index (χ0n) is 50.4. The standard InChI is InChI=1S/C67H120O5/c1-51(2)25-16-28-54(7)31-19-34-57(10)37-22-40-60(13)43-46-70-64-49-63(67(68)69)50-65(71-47-44-61(14)41-23-38-58(11)35-20-32-55(8)29-17-26-52(3)4)66(64)72-48-45-62(15)42-24-39-59(12)36-21-33-56(9)30-18-27-53(5)6/h43-45,49-59H,16-42,46-48H2,1-15H3,(H,68,69). The van der Waals surface area contributed by atoms with Gasteiger partial charge in [-0.15, -0.1) is 0 Å². The quantitative estimate of drug-likeness (QED) is 0.0659. The number of hydrogen-bond donors (Lipinski definition) is 1. The van der Waals surface area contributed by atoms with Crippen LogP contribution in [0.1, 0.15) is 288 Å². The van der Waals surface area contributed by atoms with Crippen LogP contribution in [0.3, 0.4) is 0 Å². The van der Waals surface area contributed by atoms with E-state index in [2.05, 4.69) is 122 Å². The summed E-state index contributed by atoms with van der Waals surface area (Å²) in [6.07, 6.45) is 41.0. The van der Waals surface area contributed by atoms with Gasteiger partial charge in [-0.3, -0.25) is 0 Å². The third-order valence-corrected chi connectivity index (χ3v) is 15.7. The Morgan fingerprint density at radius 3 is 0.875 bits per heavy atom. The van der Waals surface area contributed by atoms with E-state index in [1.807, 2.05) is 0 Å². The summed E-state index contributed by atoms with van der Waals surface area (Å²) in [5.41, 5.74) is 4.04. The van der Waals surface area contributed by atoms with E-state index in [1.165, 1.54) is 171 Å². The van der Waals surface area contributed by atoms with Crippen molar-refractivity contribution in [1.82, 2.24) is 0 Å². The molecule has 0 aliphatic rings. The zero-order valence-corrected chi connectivity index (χ0v) is 50.4. The van der Waals surface area contributed by atoms with E-state index in [0.29, 0.717) is 37.1 Å². The van der Waals surface area contributed by atoms with Crippen molar-refractivity contribution < 1.29 is 24.1 Å². The molecule has 0 radical (unpaired) electrons. The van der Waals surface area contributed by atoms with E-state index in [0.717, 1.165) is 72.5 Å². The highest BCUT2D eigenvalue weighted by Gasteiger charge is 2.19. The molecule has 0 heterocycles. The van der Waals surface area contributed by atoms with Crippen molar-refractivity contribution >= 4 is 5.97 Å². The van der Waals surface area contributed by atoms with Gasteiger partial charge in [0.2, 0.25) is 5.75 Å². The first-order valence-electron chi connectivity index (χ1n) is 30.5. The van der Waals surface area contributed by atoms with Crippen LogP contribution in [0, 0.1) is 53.3 Å². The topological polar surface area (TPSA) is 65.0 Å². The Balaban J connectivity index is 2.94. The lowest BCUT2D eigenvalue weighted by atomic mass is 9.91. The molecular formula is C67H120O5. The number of carboxylic acids is 1. The van der Waals surface area contributed by atoms with Gasteiger partial charge in [-0.2, -0.15) is 0 Å². The molecule has 0 fully saturated rings. The van der Waals surface area contributed by atoms with Gasteiger partial charge in [0.05, 0.1) is 5.56 Å². The zero-order chi connectivity index (χ0) is 53.7. The van der Waals surface area contributed by atoms with Crippen LogP contribution < -0.4 is 14.2 Å². The second kappa shape index (κ2) is 41.5. The second-order valence-electron chi connectivity index (χ2n) is 25.3. The van der Waals surface area contributed by atoms with Crippen LogP contribution in [0.5, 0.6) is 17.2 Å². The van der Waals surface area contributed by atoms with E-state index in [4.69, 9.17) is 14.2 Å². The molecule has 5 nitrogen and oxygen atoms in total. The summed E-state index contributed by atoms with van der Waals surface area (Å²) in [4.78, 5) is 12.5. The van der Waals surface area contributed by atoms with Crippen LogP contribution in [-0.2, 0) is 0 Å². The molecule has 0 aliphatic heterocycles. The van der Waals surface area contributed by atoms with Gasteiger partial charge in [0.15, 0.2) is 11.5 Å². The minimum absolute atomic E-state index is 0.132. The molecule has 5 heteroatoms. The van der Waals surface area contributed by atoms with Crippen molar-refractivity contribution in [3.8, 4) is 17.2 Å². The van der Waals surface area contributed by atoms with Crippen LogP contribution in [0.25, 0.3) is 0 Å². The summed E-state index contributed by atoms with van der Waals surface area (Å²) in [5.74, 6) is 7.44. The minimum atomic E-state index is -1.01. The minimum Gasteiger partial charge on any atom is -0.485 e. The fourth-order valence-corrected chi connectivity index (χ4v) is 10.3. The highest BCUT2D eigenvalue weighted by molar-refractivity contribution is 5.89. The number of benzene rings is 1. The van der Waals surface area contributed by atoms with Crippen molar-refractivity contribution in [1.29, 1.82) is 0 Å². The molecule has 72 heavy (non-hydrogen) atoms. The first kappa shape index (κ1) is 67.3. The third-order valence-electron chi connectivity index (χ3n) is 15.7. The predicted molar refractivity (Wildman–Crippen MR) is 315 cm³/mol. The molecular weight excluding hydrogens is 885 g/mol. The van der Waals surface area contributed by atoms with Gasteiger partial charge < -0.3 is 19.3 Å². The highest BCUT2D eigenvalue weighted by Crippen LogP contribution is 2.40. The van der Waals surface area contributed by atoms with Crippen molar-refractivity contribution in [3.63, 3.8) is 0 Å². The summed E-state index contributed by atoms with van der Waals surface area (Å²) in [6.45, 7) is 36.1. The molecule has 1 aromatic rings. The molecule has 1 N–H and O–H groups in total. The molecule has 0 amide bonds. The fraction of sp³-hybridized carbons (Fsp3) is 0.806. The van der Waals surface area contributed by atoms with E-state index in [-0.39, 0.29) is 5.56 Å². The van der Waals surface area contributed by atoms with Crippen molar-refractivity contribution in [2.75, 3.05) is 19.8 Å². The van der Waals surface area contributed by atoms with Gasteiger partial charge in [-0.25, -0.2) is 4.79 Å². The summed E-state index contributed by atoms with van der Waals surface area (Å²) < 4.78 is 19.3. The largest absolute Gasteiger partial charge is 0.485 e. The third kappa shape index (κ3) is 37.1. The first-order valence-corrected chi connectivity index (χ1v) is 30.5. The lowest BCUT2D eigenvalue weighted by Crippen LogP contribution is -2.07. The Morgan fingerprint density at radius 1 is 0.389 bits per heavy atom. The fourth-order valence-electron chi connectivity index (χ4n) is 10.3. The van der Waals surface area contributed by atoms with Crippen molar-refractivity contribution in [3.05, 3.63) is 52.6 Å². The highest BCUT2D eigenvalue weighted by atomic mass is 16.5. The number of hydrogen-bond acceptors (Lipinski definition) is 4. The maximum absolute atomic E-state index is 12.5. The molecule has 0 aromatic heterocycles. The Bertz CT molecular complexity index is 1520. The van der Waals surface area contributed by atoms with Crippen molar-refractivity contribution in [2.45, 2.75) is 277 Å². The van der Waals surface area contributed by atoms with Crippen LogP contribution in [0.4, 0.5) is 0 Å². The van der Waals surface area contributed by atoms with Gasteiger partial charge in [0.1, 0.15) is 19.8 Å². The number of ether oxygens (including phenoxy) is 3. The Morgan fingerprint density at radius 2 is 0.625 bits per heavy atom. The number of aromatic carboxylic acids is 1. The summed E-state index contributed by atoms with van der Waals surface area (Å²) in [6, 6.07) is 3.20. The predicted octanol–water partition coefficient (Wildman–Crippen LogP) is 21.7. The number of carboxylic acid groups (broad SMARTS) is 1. The SMILES string of the molecule is CC(=CCOc1cc(C(=O)O)cc(OCC=C(C)CCCC(C)CCCC(C)CCCC(C)C)c1OCC=C(C)CCCC(C)CCCC(C)CCCC(C)C)CCCC(C)CCCC(C)CCCC(C)C. The van der Waals surface area contributed by atoms with E-state index >= 15 is 0 Å². The number of rotatable bonds is 46. The summed E-state index contributed by atoms with van der Waals surface area (Å²) in [5, 5.41) is 10.2. The molecule has 1 aromatic carbocycles. The van der Waals surface area contributed by atoms with Crippen LogP contribution in [-0.4, -0.2) is 30.9 Å². The van der Waals surface area contributed by atoms with Crippen LogP contribution in [0.2, 0.25) is 0 Å². The summed E-state index contributed by atoms with van der Waals surface area (Å²) in [7, 11) is 0. The van der Waals surface area contributed by atoms with Crippen LogP contribution in [0.15, 0.2) is 47.1 Å². The van der Waals surface area contributed by atoms with Gasteiger partial charge in [-0.05, 0) is 143 Å². The smallest absolute Gasteiger partial charge is 0.335 e. The molecule has 0 aliphatic carbocycles.